The van der Waals surface area contributed by atoms with E-state index in [4.69, 9.17) is 11.6 Å². The molecular formula is C9H13ClN2O. The Balaban J connectivity index is 2.18. The van der Waals surface area contributed by atoms with Crippen LogP contribution >= 0.6 is 11.6 Å². The lowest BCUT2D eigenvalue weighted by atomic mass is 9.96. The van der Waals surface area contributed by atoms with E-state index >= 15 is 0 Å². The van der Waals surface area contributed by atoms with Crippen LogP contribution in [0.4, 0.5) is 0 Å². The summed E-state index contributed by atoms with van der Waals surface area (Å²) < 4.78 is 1.75. The van der Waals surface area contributed by atoms with Gasteiger partial charge in [-0.2, -0.15) is 5.10 Å². The molecule has 1 heterocycles. The molecule has 1 N–H and O–H groups in total. The third-order valence-corrected chi connectivity index (χ3v) is 3.00. The molecule has 13 heavy (non-hydrogen) atoms. The highest BCUT2D eigenvalue weighted by atomic mass is 35.5. The molecule has 1 fully saturated rings. The van der Waals surface area contributed by atoms with Crippen LogP contribution in [-0.2, 0) is 0 Å². The van der Waals surface area contributed by atoms with Gasteiger partial charge >= 0.3 is 0 Å². The lowest BCUT2D eigenvalue weighted by Crippen LogP contribution is -2.13. The maximum atomic E-state index is 9.26. The molecular weight excluding hydrogens is 188 g/mol. The normalized spacial score (nSPS) is 19.2. The largest absolute Gasteiger partial charge is 0.504 e. The summed E-state index contributed by atoms with van der Waals surface area (Å²) in [6.45, 7) is 0. The number of rotatable bonds is 1. The molecule has 1 aliphatic carbocycles. The monoisotopic (exact) mass is 200 g/mol. The van der Waals surface area contributed by atoms with E-state index in [1.165, 1.54) is 25.5 Å². The van der Waals surface area contributed by atoms with Gasteiger partial charge in [0.15, 0.2) is 10.9 Å². The van der Waals surface area contributed by atoms with Gasteiger partial charge in [0, 0.05) is 0 Å². The van der Waals surface area contributed by atoms with Crippen LogP contribution in [0, 0.1) is 0 Å². The fourth-order valence-corrected chi connectivity index (χ4v) is 2.15. The molecule has 0 saturated heterocycles. The van der Waals surface area contributed by atoms with E-state index in [9.17, 15) is 5.11 Å². The third-order valence-electron chi connectivity index (χ3n) is 2.64. The lowest BCUT2D eigenvalue weighted by Gasteiger charge is -2.22. The molecule has 0 spiro atoms. The van der Waals surface area contributed by atoms with Crippen LogP contribution in [-0.4, -0.2) is 14.9 Å². The fourth-order valence-electron chi connectivity index (χ4n) is 1.92. The second-order valence-electron chi connectivity index (χ2n) is 3.56. The molecule has 3 nitrogen and oxygen atoms in total. The van der Waals surface area contributed by atoms with Gasteiger partial charge < -0.3 is 5.11 Å². The van der Waals surface area contributed by atoms with Gasteiger partial charge in [0.1, 0.15) is 0 Å². The predicted octanol–water partition coefficient (Wildman–Crippen LogP) is 2.75. The summed E-state index contributed by atoms with van der Waals surface area (Å²) in [6.07, 6.45) is 7.45. The zero-order valence-electron chi connectivity index (χ0n) is 7.41. The van der Waals surface area contributed by atoms with Crippen LogP contribution in [0.25, 0.3) is 0 Å². The quantitative estimate of drug-likeness (QED) is 0.757. The van der Waals surface area contributed by atoms with Crippen molar-refractivity contribution in [2.45, 2.75) is 38.1 Å². The first-order valence-corrected chi connectivity index (χ1v) is 5.09. The first-order valence-electron chi connectivity index (χ1n) is 4.71. The summed E-state index contributed by atoms with van der Waals surface area (Å²) in [7, 11) is 0. The Labute approximate surface area is 82.3 Å². The lowest BCUT2D eigenvalue weighted by molar-refractivity contribution is 0.329. The predicted molar refractivity (Wildman–Crippen MR) is 51.0 cm³/mol. The molecule has 0 aliphatic heterocycles. The Kier molecular flexibility index (Phi) is 2.44. The van der Waals surface area contributed by atoms with Crippen molar-refractivity contribution in [1.82, 2.24) is 9.78 Å². The van der Waals surface area contributed by atoms with Gasteiger partial charge in [-0.15, -0.1) is 0 Å². The first-order chi connectivity index (χ1) is 6.29. The van der Waals surface area contributed by atoms with Gasteiger partial charge in [-0.05, 0) is 12.8 Å². The maximum Gasteiger partial charge on any atom is 0.173 e. The standard InChI is InChI=1S/C9H13ClN2O/c10-9-8(13)6-11-12(9)7-4-2-1-3-5-7/h6-7,13H,1-5H2. The molecule has 0 aromatic carbocycles. The SMILES string of the molecule is Oc1cnn(C2CCCCC2)c1Cl. The van der Waals surface area contributed by atoms with E-state index in [1.54, 1.807) is 4.68 Å². The van der Waals surface area contributed by atoms with Crippen molar-refractivity contribution in [3.63, 3.8) is 0 Å². The summed E-state index contributed by atoms with van der Waals surface area (Å²) in [6, 6.07) is 0.391. The number of nitrogens with zero attached hydrogens (tertiary/aromatic N) is 2. The highest BCUT2D eigenvalue weighted by molar-refractivity contribution is 6.30. The average molecular weight is 201 g/mol. The van der Waals surface area contributed by atoms with E-state index in [0.717, 1.165) is 12.8 Å². The van der Waals surface area contributed by atoms with Crippen molar-refractivity contribution in [2.75, 3.05) is 0 Å². The minimum atomic E-state index is 0.0900. The number of hydrogen-bond acceptors (Lipinski definition) is 2. The van der Waals surface area contributed by atoms with Crippen molar-refractivity contribution in [3.8, 4) is 5.75 Å². The highest BCUT2D eigenvalue weighted by Gasteiger charge is 2.19. The van der Waals surface area contributed by atoms with Gasteiger partial charge in [0.25, 0.3) is 0 Å². The molecule has 1 aromatic heterocycles. The van der Waals surface area contributed by atoms with Gasteiger partial charge in [-0.1, -0.05) is 30.9 Å². The maximum absolute atomic E-state index is 9.26. The molecule has 4 heteroatoms. The Morgan fingerprint density at radius 2 is 2.08 bits per heavy atom. The molecule has 1 saturated carbocycles. The van der Waals surface area contributed by atoms with Crippen molar-refractivity contribution >= 4 is 11.6 Å². The van der Waals surface area contributed by atoms with Crippen LogP contribution < -0.4 is 0 Å². The molecule has 72 valence electrons. The summed E-state index contributed by atoms with van der Waals surface area (Å²) in [5.41, 5.74) is 0. The van der Waals surface area contributed by atoms with E-state index < -0.39 is 0 Å². The molecule has 1 aromatic rings. The summed E-state index contributed by atoms with van der Waals surface area (Å²) in [5.74, 6) is 0.0900. The second kappa shape index (κ2) is 3.58. The average Bonchev–Trinajstić information content (AvgIpc) is 2.49. The van der Waals surface area contributed by atoms with Crippen LogP contribution in [0.15, 0.2) is 6.20 Å². The van der Waals surface area contributed by atoms with E-state index in [-0.39, 0.29) is 5.75 Å². The second-order valence-corrected chi connectivity index (χ2v) is 3.92. The molecule has 0 bridgehead atoms. The zero-order chi connectivity index (χ0) is 9.26. The molecule has 0 radical (unpaired) electrons. The number of hydrogen-bond donors (Lipinski definition) is 1. The number of halogens is 1. The highest BCUT2D eigenvalue weighted by Crippen LogP contribution is 2.33. The van der Waals surface area contributed by atoms with Gasteiger partial charge in [-0.25, -0.2) is 4.68 Å². The van der Waals surface area contributed by atoms with Crippen molar-refractivity contribution in [1.29, 1.82) is 0 Å². The van der Waals surface area contributed by atoms with E-state index in [0.29, 0.717) is 11.2 Å². The van der Waals surface area contributed by atoms with E-state index in [1.807, 2.05) is 0 Å². The van der Waals surface area contributed by atoms with Crippen LogP contribution in [0.2, 0.25) is 5.15 Å². The van der Waals surface area contributed by atoms with Crippen LogP contribution in [0.5, 0.6) is 5.75 Å². The van der Waals surface area contributed by atoms with Crippen molar-refractivity contribution in [3.05, 3.63) is 11.3 Å². The Bertz CT molecular complexity index is 292. The minimum Gasteiger partial charge on any atom is -0.504 e. The number of aromatic nitrogens is 2. The zero-order valence-corrected chi connectivity index (χ0v) is 8.17. The molecule has 1 aliphatic rings. The van der Waals surface area contributed by atoms with Gasteiger partial charge in [0.05, 0.1) is 12.2 Å². The third kappa shape index (κ3) is 1.66. The Morgan fingerprint density at radius 1 is 1.38 bits per heavy atom. The molecule has 0 atom stereocenters. The molecule has 0 amide bonds. The van der Waals surface area contributed by atoms with Gasteiger partial charge in [0.2, 0.25) is 0 Å². The summed E-state index contributed by atoms with van der Waals surface area (Å²) in [5, 5.41) is 13.7. The first kappa shape index (κ1) is 8.88. The fraction of sp³-hybridized carbons (Fsp3) is 0.667. The Morgan fingerprint density at radius 3 is 2.62 bits per heavy atom. The minimum absolute atomic E-state index is 0.0900. The van der Waals surface area contributed by atoms with Crippen molar-refractivity contribution in [2.24, 2.45) is 0 Å². The topological polar surface area (TPSA) is 38.1 Å². The molecule has 2 rings (SSSR count). The van der Waals surface area contributed by atoms with Crippen LogP contribution in [0.3, 0.4) is 0 Å². The summed E-state index contributed by atoms with van der Waals surface area (Å²) in [4.78, 5) is 0. The van der Waals surface area contributed by atoms with Crippen molar-refractivity contribution < 1.29 is 5.11 Å². The van der Waals surface area contributed by atoms with E-state index in [2.05, 4.69) is 5.10 Å². The molecule has 0 unspecified atom stereocenters. The number of aromatic hydroxyl groups is 1. The Hall–Kier alpha value is -0.700. The van der Waals surface area contributed by atoms with Gasteiger partial charge in [-0.3, -0.25) is 0 Å². The summed E-state index contributed by atoms with van der Waals surface area (Å²) >= 11 is 5.89. The smallest absolute Gasteiger partial charge is 0.173 e. The van der Waals surface area contributed by atoms with Crippen LogP contribution in [0.1, 0.15) is 38.1 Å².